The first kappa shape index (κ1) is 15.0. The van der Waals surface area contributed by atoms with Gasteiger partial charge in [0.15, 0.2) is 0 Å². The fraction of sp³-hybridized carbons (Fsp3) is 0.562. The van der Waals surface area contributed by atoms with E-state index in [0.717, 1.165) is 32.2 Å². The molecule has 1 aliphatic rings. The maximum absolute atomic E-state index is 11.4. The zero-order valence-corrected chi connectivity index (χ0v) is 12.1. The molecule has 1 fully saturated rings. The highest BCUT2D eigenvalue weighted by Crippen LogP contribution is 2.23. The van der Waals surface area contributed by atoms with Gasteiger partial charge in [-0.2, -0.15) is 0 Å². The van der Waals surface area contributed by atoms with Crippen molar-refractivity contribution in [2.24, 2.45) is 5.92 Å². The van der Waals surface area contributed by atoms with Crippen molar-refractivity contribution < 1.29 is 9.90 Å². The van der Waals surface area contributed by atoms with Crippen LogP contribution in [0.3, 0.4) is 0 Å². The van der Waals surface area contributed by atoms with E-state index in [1.165, 1.54) is 5.56 Å². The van der Waals surface area contributed by atoms with Crippen LogP contribution in [0.1, 0.15) is 41.6 Å². The Labute approximate surface area is 120 Å². The van der Waals surface area contributed by atoms with Gasteiger partial charge in [-0.3, -0.25) is 4.79 Å². The minimum Gasteiger partial charge on any atom is -0.396 e. The maximum Gasteiger partial charge on any atom is 0.251 e. The van der Waals surface area contributed by atoms with Gasteiger partial charge in [0.05, 0.1) is 0 Å². The number of benzene rings is 1. The monoisotopic (exact) mass is 276 g/mol. The van der Waals surface area contributed by atoms with Crippen molar-refractivity contribution in [3.05, 3.63) is 35.4 Å². The molecule has 4 heteroatoms. The lowest BCUT2D eigenvalue weighted by Crippen LogP contribution is -2.33. The second kappa shape index (κ2) is 7.41. The van der Waals surface area contributed by atoms with E-state index in [4.69, 9.17) is 5.11 Å². The number of aliphatic hydroxyl groups excluding tert-OH is 1. The second-order valence-electron chi connectivity index (χ2n) is 5.56. The van der Waals surface area contributed by atoms with E-state index in [2.05, 4.69) is 10.6 Å². The fourth-order valence-electron chi connectivity index (χ4n) is 2.73. The Morgan fingerprint density at radius 2 is 1.85 bits per heavy atom. The van der Waals surface area contributed by atoms with Crippen LogP contribution in [0.25, 0.3) is 0 Å². The zero-order valence-electron chi connectivity index (χ0n) is 12.1. The van der Waals surface area contributed by atoms with E-state index < -0.39 is 0 Å². The van der Waals surface area contributed by atoms with Gasteiger partial charge in [0.1, 0.15) is 0 Å². The zero-order chi connectivity index (χ0) is 14.4. The van der Waals surface area contributed by atoms with Crippen LogP contribution in [-0.2, 0) is 6.54 Å². The van der Waals surface area contributed by atoms with Crippen molar-refractivity contribution in [3.63, 3.8) is 0 Å². The molecular formula is C16H24N2O2. The van der Waals surface area contributed by atoms with Crippen molar-refractivity contribution in [1.29, 1.82) is 0 Å². The molecule has 4 nitrogen and oxygen atoms in total. The highest BCUT2D eigenvalue weighted by atomic mass is 16.3. The Morgan fingerprint density at radius 1 is 1.20 bits per heavy atom. The quantitative estimate of drug-likeness (QED) is 0.767. The molecule has 1 saturated carbocycles. The van der Waals surface area contributed by atoms with Gasteiger partial charge in [-0.15, -0.1) is 0 Å². The molecule has 0 bridgehead atoms. The molecule has 0 heterocycles. The lowest BCUT2D eigenvalue weighted by molar-refractivity contribution is 0.0963. The summed E-state index contributed by atoms with van der Waals surface area (Å²) in [4.78, 5) is 11.4. The van der Waals surface area contributed by atoms with E-state index in [1.807, 2.05) is 24.3 Å². The third-order valence-corrected chi connectivity index (χ3v) is 4.14. The van der Waals surface area contributed by atoms with Crippen LogP contribution in [0, 0.1) is 5.92 Å². The lowest BCUT2D eigenvalue weighted by atomic mass is 9.86. The summed E-state index contributed by atoms with van der Waals surface area (Å²) < 4.78 is 0. The van der Waals surface area contributed by atoms with Crippen LogP contribution >= 0.6 is 0 Å². The summed E-state index contributed by atoms with van der Waals surface area (Å²) in [5.74, 6) is 0.451. The van der Waals surface area contributed by atoms with Crippen molar-refractivity contribution >= 4 is 5.91 Å². The van der Waals surface area contributed by atoms with Crippen LogP contribution in [0.2, 0.25) is 0 Å². The Morgan fingerprint density at radius 3 is 2.40 bits per heavy atom. The predicted octanol–water partition coefficient (Wildman–Crippen LogP) is 1.69. The molecule has 110 valence electrons. The number of hydrogen-bond donors (Lipinski definition) is 3. The van der Waals surface area contributed by atoms with E-state index in [0.29, 0.717) is 24.1 Å². The van der Waals surface area contributed by atoms with Gasteiger partial charge in [-0.25, -0.2) is 0 Å². The van der Waals surface area contributed by atoms with Crippen LogP contribution in [0.5, 0.6) is 0 Å². The molecule has 1 aromatic rings. The molecule has 0 saturated heterocycles. The Hall–Kier alpha value is -1.39. The molecule has 3 N–H and O–H groups in total. The topological polar surface area (TPSA) is 61.4 Å². The summed E-state index contributed by atoms with van der Waals surface area (Å²) in [7, 11) is 1.64. The lowest BCUT2D eigenvalue weighted by Gasteiger charge is -2.28. The summed E-state index contributed by atoms with van der Waals surface area (Å²) >= 11 is 0. The van der Waals surface area contributed by atoms with E-state index in [-0.39, 0.29) is 5.91 Å². The fourth-order valence-corrected chi connectivity index (χ4v) is 2.73. The van der Waals surface area contributed by atoms with Gasteiger partial charge in [0.25, 0.3) is 5.91 Å². The molecule has 0 unspecified atom stereocenters. The Balaban J connectivity index is 1.78. The number of nitrogens with one attached hydrogen (secondary N) is 2. The largest absolute Gasteiger partial charge is 0.396 e. The average molecular weight is 276 g/mol. The minimum atomic E-state index is -0.0492. The SMILES string of the molecule is CNC(=O)c1ccc(CNC2CCC(CO)CC2)cc1. The van der Waals surface area contributed by atoms with Crippen LogP contribution in [0.4, 0.5) is 0 Å². The predicted molar refractivity (Wildman–Crippen MR) is 79.5 cm³/mol. The first-order valence-electron chi connectivity index (χ1n) is 7.38. The minimum absolute atomic E-state index is 0.0492. The average Bonchev–Trinajstić information content (AvgIpc) is 2.53. The van der Waals surface area contributed by atoms with Gasteiger partial charge in [0.2, 0.25) is 0 Å². The number of hydrogen-bond acceptors (Lipinski definition) is 3. The molecular weight excluding hydrogens is 252 g/mol. The first-order valence-corrected chi connectivity index (χ1v) is 7.38. The highest BCUT2D eigenvalue weighted by Gasteiger charge is 2.19. The van der Waals surface area contributed by atoms with E-state index in [1.54, 1.807) is 7.05 Å². The molecule has 0 radical (unpaired) electrons. The summed E-state index contributed by atoms with van der Waals surface area (Å²) in [5, 5.41) is 15.3. The van der Waals surface area contributed by atoms with Gasteiger partial charge >= 0.3 is 0 Å². The van der Waals surface area contributed by atoms with E-state index >= 15 is 0 Å². The molecule has 1 amide bonds. The molecule has 1 aliphatic carbocycles. The Bertz CT molecular complexity index is 423. The molecule has 1 aromatic carbocycles. The van der Waals surface area contributed by atoms with Gasteiger partial charge < -0.3 is 15.7 Å². The summed E-state index contributed by atoms with van der Waals surface area (Å²) in [6, 6.07) is 8.27. The smallest absolute Gasteiger partial charge is 0.251 e. The summed E-state index contributed by atoms with van der Waals surface area (Å²) in [5.41, 5.74) is 1.89. The summed E-state index contributed by atoms with van der Waals surface area (Å²) in [6.45, 7) is 1.16. The molecule has 0 aliphatic heterocycles. The highest BCUT2D eigenvalue weighted by molar-refractivity contribution is 5.93. The van der Waals surface area contributed by atoms with Crippen LogP contribution in [0.15, 0.2) is 24.3 Å². The standard InChI is InChI=1S/C16H24N2O2/c1-17-16(20)14-6-2-12(3-7-14)10-18-15-8-4-13(11-19)5-9-15/h2-3,6-7,13,15,18-19H,4-5,8-11H2,1H3,(H,17,20). The second-order valence-corrected chi connectivity index (χ2v) is 5.56. The first-order chi connectivity index (χ1) is 9.72. The van der Waals surface area contributed by atoms with Crippen molar-refractivity contribution in [3.8, 4) is 0 Å². The molecule has 2 rings (SSSR count). The third kappa shape index (κ3) is 4.05. The van der Waals surface area contributed by atoms with Gasteiger partial charge in [-0.05, 0) is 49.3 Å². The summed E-state index contributed by atoms with van der Waals surface area (Å²) in [6.07, 6.45) is 4.51. The molecule has 0 aromatic heterocycles. The van der Waals surface area contributed by atoms with Gasteiger partial charge in [0, 0.05) is 31.8 Å². The number of carbonyl (C=O) groups is 1. The van der Waals surface area contributed by atoms with Crippen molar-refractivity contribution in [2.45, 2.75) is 38.3 Å². The number of aliphatic hydroxyl groups is 1. The third-order valence-electron chi connectivity index (χ3n) is 4.14. The number of amides is 1. The molecule has 0 spiro atoms. The molecule has 0 atom stereocenters. The Kier molecular flexibility index (Phi) is 5.56. The van der Waals surface area contributed by atoms with Crippen LogP contribution in [-0.4, -0.2) is 30.7 Å². The number of rotatable bonds is 5. The van der Waals surface area contributed by atoms with Gasteiger partial charge in [-0.1, -0.05) is 12.1 Å². The molecule has 20 heavy (non-hydrogen) atoms. The van der Waals surface area contributed by atoms with E-state index in [9.17, 15) is 4.79 Å². The van der Waals surface area contributed by atoms with Crippen molar-refractivity contribution in [1.82, 2.24) is 10.6 Å². The number of carbonyl (C=O) groups excluding carboxylic acids is 1. The van der Waals surface area contributed by atoms with Crippen molar-refractivity contribution in [2.75, 3.05) is 13.7 Å². The maximum atomic E-state index is 11.4. The normalized spacial score (nSPS) is 22.5. The van der Waals surface area contributed by atoms with Crippen LogP contribution < -0.4 is 10.6 Å².